The van der Waals surface area contributed by atoms with Crippen molar-refractivity contribution in [3.63, 3.8) is 0 Å². The second-order valence-electron chi connectivity index (χ2n) is 7.88. The Balaban J connectivity index is 1.40. The lowest BCUT2D eigenvalue weighted by Gasteiger charge is -2.36. The second-order valence-corrected chi connectivity index (χ2v) is 7.88. The van der Waals surface area contributed by atoms with Crippen molar-refractivity contribution in [1.82, 2.24) is 14.8 Å². The number of piperazine rings is 1. The van der Waals surface area contributed by atoms with Crippen molar-refractivity contribution in [2.45, 2.75) is 38.6 Å². The molecule has 4 heteroatoms. The Morgan fingerprint density at radius 2 is 1.62 bits per heavy atom. The predicted octanol–water partition coefficient (Wildman–Crippen LogP) is 3.07. The van der Waals surface area contributed by atoms with Crippen LogP contribution in [-0.4, -0.2) is 46.9 Å². The van der Waals surface area contributed by atoms with E-state index in [0.29, 0.717) is 5.91 Å². The Bertz CT molecular complexity index is 770. The summed E-state index contributed by atoms with van der Waals surface area (Å²) in [6.07, 6.45) is 5.67. The van der Waals surface area contributed by atoms with Gasteiger partial charge in [0.1, 0.15) is 0 Å². The number of carbonyl (C=O) groups excluding carboxylic acids is 1. The van der Waals surface area contributed by atoms with Crippen LogP contribution in [0.5, 0.6) is 0 Å². The summed E-state index contributed by atoms with van der Waals surface area (Å²) in [7, 11) is 0. The summed E-state index contributed by atoms with van der Waals surface area (Å²) in [6, 6.07) is 10.7. The molecule has 136 valence electrons. The van der Waals surface area contributed by atoms with E-state index in [0.717, 1.165) is 45.6 Å². The second kappa shape index (κ2) is 6.84. The molecule has 1 saturated heterocycles. The number of rotatable bonds is 4. The lowest BCUT2D eigenvalue weighted by molar-refractivity contribution is -0.135. The molecule has 1 aromatic carbocycles. The first kappa shape index (κ1) is 17.2. The highest BCUT2D eigenvalue weighted by Gasteiger charge is 2.53. The molecule has 26 heavy (non-hydrogen) atoms. The van der Waals surface area contributed by atoms with E-state index in [1.165, 1.54) is 22.3 Å². The predicted molar refractivity (Wildman–Crippen MR) is 103 cm³/mol. The maximum absolute atomic E-state index is 13.3. The van der Waals surface area contributed by atoms with Crippen LogP contribution in [0.25, 0.3) is 0 Å². The first-order valence-electron chi connectivity index (χ1n) is 9.56. The van der Waals surface area contributed by atoms with Gasteiger partial charge in [0, 0.05) is 45.1 Å². The van der Waals surface area contributed by atoms with Crippen LogP contribution in [0.1, 0.15) is 35.1 Å². The van der Waals surface area contributed by atoms with Gasteiger partial charge in [-0.3, -0.25) is 14.7 Å². The van der Waals surface area contributed by atoms with Crippen LogP contribution in [0.4, 0.5) is 0 Å². The molecule has 0 spiro atoms. The molecule has 0 radical (unpaired) electrons. The number of nitrogens with zero attached hydrogens (tertiary/aromatic N) is 3. The van der Waals surface area contributed by atoms with E-state index in [9.17, 15) is 4.79 Å². The highest BCUT2D eigenvalue weighted by atomic mass is 16.2. The Morgan fingerprint density at radius 3 is 2.19 bits per heavy atom. The van der Waals surface area contributed by atoms with E-state index in [-0.39, 0.29) is 5.41 Å². The molecule has 2 fully saturated rings. The van der Waals surface area contributed by atoms with Crippen molar-refractivity contribution in [3.05, 3.63) is 65.0 Å². The topological polar surface area (TPSA) is 36.4 Å². The van der Waals surface area contributed by atoms with Crippen molar-refractivity contribution in [1.29, 1.82) is 0 Å². The van der Waals surface area contributed by atoms with Gasteiger partial charge < -0.3 is 4.90 Å². The molecule has 1 aliphatic heterocycles. The Hall–Kier alpha value is -2.20. The number of pyridine rings is 1. The summed E-state index contributed by atoms with van der Waals surface area (Å²) in [4.78, 5) is 21.9. The minimum Gasteiger partial charge on any atom is -0.339 e. The van der Waals surface area contributed by atoms with Gasteiger partial charge in [-0.1, -0.05) is 29.3 Å². The summed E-state index contributed by atoms with van der Waals surface area (Å²) in [5.41, 5.74) is 4.76. The number of hydrogen-bond donors (Lipinski definition) is 0. The first-order valence-corrected chi connectivity index (χ1v) is 9.56. The van der Waals surface area contributed by atoms with Gasteiger partial charge in [-0.15, -0.1) is 0 Å². The molecule has 1 saturated carbocycles. The fourth-order valence-electron chi connectivity index (χ4n) is 4.16. The molecule has 4 rings (SSSR count). The molecular formula is C22H27N3O. The monoisotopic (exact) mass is 349 g/mol. The zero-order valence-corrected chi connectivity index (χ0v) is 15.7. The SMILES string of the molecule is Cc1cc(C)cc(C2(C(=O)N3CCN(Cc4ccncc4)CC3)CC2)c1. The Kier molecular flexibility index (Phi) is 4.53. The minimum absolute atomic E-state index is 0.246. The van der Waals surface area contributed by atoms with Gasteiger partial charge >= 0.3 is 0 Å². The van der Waals surface area contributed by atoms with E-state index in [1.807, 2.05) is 12.4 Å². The number of amides is 1. The molecule has 0 unspecified atom stereocenters. The lowest BCUT2D eigenvalue weighted by atomic mass is 9.91. The van der Waals surface area contributed by atoms with Crippen molar-refractivity contribution < 1.29 is 4.79 Å². The van der Waals surface area contributed by atoms with Crippen LogP contribution < -0.4 is 0 Å². The average Bonchev–Trinajstić information content (AvgIpc) is 3.44. The maximum atomic E-state index is 13.3. The summed E-state index contributed by atoms with van der Waals surface area (Å²) in [6.45, 7) is 8.72. The van der Waals surface area contributed by atoms with Gasteiger partial charge in [-0.05, 0) is 49.9 Å². The largest absolute Gasteiger partial charge is 0.339 e. The molecule has 0 bridgehead atoms. The average molecular weight is 349 g/mol. The third-order valence-electron chi connectivity index (χ3n) is 5.75. The summed E-state index contributed by atoms with van der Waals surface area (Å²) in [5, 5.41) is 0. The van der Waals surface area contributed by atoms with Crippen LogP contribution in [0.15, 0.2) is 42.7 Å². The summed E-state index contributed by atoms with van der Waals surface area (Å²) in [5.74, 6) is 0.339. The Morgan fingerprint density at radius 1 is 1.00 bits per heavy atom. The number of carbonyl (C=O) groups is 1. The van der Waals surface area contributed by atoms with Crippen LogP contribution in [0, 0.1) is 13.8 Å². The van der Waals surface area contributed by atoms with Gasteiger partial charge in [-0.2, -0.15) is 0 Å². The first-order chi connectivity index (χ1) is 12.6. The molecule has 2 aliphatic rings. The molecule has 1 aliphatic carbocycles. The number of benzene rings is 1. The maximum Gasteiger partial charge on any atom is 0.233 e. The van der Waals surface area contributed by atoms with Gasteiger partial charge in [0.25, 0.3) is 0 Å². The number of aryl methyl sites for hydroxylation is 2. The van der Waals surface area contributed by atoms with Gasteiger partial charge in [0.2, 0.25) is 5.91 Å². The van der Waals surface area contributed by atoms with E-state index < -0.39 is 0 Å². The van der Waals surface area contributed by atoms with Crippen LogP contribution >= 0.6 is 0 Å². The lowest BCUT2D eigenvalue weighted by Crippen LogP contribution is -2.51. The highest BCUT2D eigenvalue weighted by Crippen LogP contribution is 2.50. The normalized spacial score (nSPS) is 19.4. The summed E-state index contributed by atoms with van der Waals surface area (Å²) < 4.78 is 0. The molecule has 0 N–H and O–H groups in total. The third kappa shape index (κ3) is 3.38. The minimum atomic E-state index is -0.246. The van der Waals surface area contributed by atoms with E-state index in [1.54, 1.807) is 0 Å². The van der Waals surface area contributed by atoms with Gasteiger partial charge in [0.15, 0.2) is 0 Å². The third-order valence-corrected chi connectivity index (χ3v) is 5.75. The van der Waals surface area contributed by atoms with Crippen LogP contribution in [0.2, 0.25) is 0 Å². The smallest absolute Gasteiger partial charge is 0.233 e. The van der Waals surface area contributed by atoms with Crippen LogP contribution in [-0.2, 0) is 16.8 Å². The molecular weight excluding hydrogens is 322 g/mol. The number of hydrogen-bond acceptors (Lipinski definition) is 3. The van der Waals surface area contributed by atoms with Crippen molar-refractivity contribution in [2.75, 3.05) is 26.2 Å². The summed E-state index contributed by atoms with van der Waals surface area (Å²) >= 11 is 0. The standard InChI is InChI=1S/C22H27N3O/c1-17-13-18(2)15-20(14-17)22(5-6-22)21(26)25-11-9-24(10-12-25)16-19-3-7-23-8-4-19/h3-4,7-8,13-15H,5-6,9-12,16H2,1-2H3. The fourth-order valence-corrected chi connectivity index (χ4v) is 4.16. The Labute approximate surface area is 155 Å². The fraction of sp³-hybridized carbons (Fsp3) is 0.455. The quantitative estimate of drug-likeness (QED) is 0.851. The molecule has 4 nitrogen and oxygen atoms in total. The zero-order valence-electron chi connectivity index (χ0n) is 15.7. The van der Waals surface area contributed by atoms with E-state index in [4.69, 9.17) is 0 Å². The molecule has 2 aromatic rings. The van der Waals surface area contributed by atoms with Crippen LogP contribution in [0.3, 0.4) is 0 Å². The van der Waals surface area contributed by atoms with Gasteiger partial charge in [0.05, 0.1) is 5.41 Å². The number of aromatic nitrogens is 1. The van der Waals surface area contributed by atoms with E-state index >= 15 is 0 Å². The molecule has 2 heterocycles. The highest BCUT2D eigenvalue weighted by molar-refractivity contribution is 5.91. The van der Waals surface area contributed by atoms with E-state index in [2.05, 4.69) is 59.0 Å². The van der Waals surface area contributed by atoms with Crippen molar-refractivity contribution in [2.24, 2.45) is 0 Å². The molecule has 0 atom stereocenters. The van der Waals surface area contributed by atoms with Crippen molar-refractivity contribution >= 4 is 5.91 Å². The molecule has 1 aromatic heterocycles. The molecule has 1 amide bonds. The van der Waals surface area contributed by atoms with Gasteiger partial charge in [-0.25, -0.2) is 0 Å². The van der Waals surface area contributed by atoms with Crippen molar-refractivity contribution in [3.8, 4) is 0 Å². The zero-order chi connectivity index (χ0) is 18.1.